The van der Waals surface area contributed by atoms with Crippen LogP contribution in [0.1, 0.15) is 19.3 Å². The van der Waals surface area contributed by atoms with Gasteiger partial charge in [-0.2, -0.15) is 0 Å². The van der Waals surface area contributed by atoms with Crippen molar-refractivity contribution in [3.8, 4) is 0 Å². The summed E-state index contributed by atoms with van der Waals surface area (Å²) in [6.45, 7) is 0. The lowest BCUT2D eigenvalue weighted by atomic mass is 9.94. The molecule has 1 unspecified atom stereocenters. The maximum absolute atomic E-state index is 11.2. The third-order valence-corrected chi connectivity index (χ3v) is 2.95. The summed E-state index contributed by atoms with van der Waals surface area (Å²) in [5.41, 5.74) is 1.05. The van der Waals surface area contributed by atoms with Crippen molar-refractivity contribution in [2.45, 2.75) is 19.3 Å². The molecule has 1 fully saturated rings. The molecule has 0 aromatic heterocycles. The van der Waals surface area contributed by atoms with Gasteiger partial charge in [-0.1, -0.05) is 28.1 Å². The number of ketones is 1. The molecule has 0 aromatic carbocycles. The summed E-state index contributed by atoms with van der Waals surface area (Å²) in [4.78, 5) is 11.2. The van der Waals surface area contributed by atoms with Gasteiger partial charge in [0.1, 0.15) is 0 Å². The number of hydrogen-bond acceptors (Lipinski definition) is 1. The van der Waals surface area contributed by atoms with Gasteiger partial charge in [0, 0.05) is 6.42 Å². The van der Waals surface area contributed by atoms with E-state index < -0.39 is 0 Å². The average molecular weight is 213 g/mol. The molecule has 0 spiro atoms. The van der Waals surface area contributed by atoms with Crippen molar-refractivity contribution < 1.29 is 4.79 Å². The molecule has 0 saturated heterocycles. The van der Waals surface area contributed by atoms with Crippen LogP contribution in [0, 0.1) is 5.92 Å². The molecular weight excluding hydrogens is 204 g/mol. The molecular formula is C9H9BrO. The van der Waals surface area contributed by atoms with Gasteiger partial charge in [0.05, 0.1) is 0 Å². The number of carbonyl (C=O) groups is 1. The lowest BCUT2D eigenvalue weighted by Gasteiger charge is -2.13. The smallest absolute Gasteiger partial charge is 0.159 e. The number of halogens is 1. The van der Waals surface area contributed by atoms with Gasteiger partial charge >= 0.3 is 0 Å². The summed E-state index contributed by atoms with van der Waals surface area (Å²) >= 11 is 3.45. The fourth-order valence-corrected chi connectivity index (χ4v) is 2.28. The number of carbonyl (C=O) groups excluding carboxylic acids is 1. The minimum Gasteiger partial charge on any atom is -0.295 e. The standard InChI is InChI=1S/C9H9BrO/c10-7-2-3-8-6(5-7)1-4-9(8)11/h2-3,6H,1,4-5H2. The molecule has 1 nitrogen and oxygen atoms in total. The summed E-state index contributed by atoms with van der Waals surface area (Å²) in [6, 6.07) is 0. The molecule has 2 heteroatoms. The fraction of sp³-hybridized carbons (Fsp3) is 0.444. The number of hydrogen-bond donors (Lipinski definition) is 0. The lowest BCUT2D eigenvalue weighted by molar-refractivity contribution is -0.114. The van der Waals surface area contributed by atoms with Gasteiger partial charge in [0.25, 0.3) is 0 Å². The lowest BCUT2D eigenvalue weighted by Crippen LogP contribution is -2.04. The zero-order valence-electron chi connectivity index (χ0n) is 6.14. The molecule has 0 aliphatic heterocycles. The number of Topliss-reactive ketones (excluding diaryl/α,β-unsaturated/α-hetero) is 1. The molecule has 2 aliphatic carbocycles. The van der Waals surface area contributed by atoms with E-state index in [0.29, 0.717) is 11.7 Å². The first kappa shape index (κ1) is 7.29. The molecule has 0 radical (unpaired) electrons. The number of fused-ring (bicyclic) bond motifs is 1. The third kappa shape index (κ3) is 1.20. The Hall–Kier alpha value is -0.370. The highest BCUT2D eigenvalue weighted by molar-refractivity contribution is 9.11. The van der Waals surface area contributed by atoms with Crippen LogP contribution in [-0.4, -0.2) is 5.78 Å². The fourth-order valence-electron chi connectivity index (χ4n) is 1.76. The van der Waals surface area contributed by atoms with E-state index in [2.05, 4.69) is 15.9 Å². The predicted molar refractivity (Wildman–Crippen MR) is 47.4 cm³/mol. The average Bonchev–Trinajstić information content (AvgIpc) is 2.32. The molecule has 1 saturated carbocycles. The van der Waals surface area contributed by atoms with Gasteiger partial charge in [-0.3, -0.25) is 4.79 Å². The Balaban J connectivity index is 2.32. The first-order valence-corrected chi connectivity index (χ1v) is 4.66. The maximum atomic E-state index is 11.2. The molecule has 0 bridgehead atoms. The van der Waals surface area contributed by atoms with Gasteiger partial charge in [0.2, 0.25) is 0 Å². The molecule has 2 aliphatic rings. The van der Waals surface area contributed by atoms with Gasteiger partial charge < -0.3 is 0 Å². The maximum Gasteiger partial charge on any atom is 0.159 e. The monoisotopic (exact) mass is 212 g/mol. The van der Waals surface area contributed by atoms with Crippen molar-refractivity contribution in [2.24, 2.45) is 5.92 Å². The van der Waals surface area contributed by atoms with E-state index in [1.54, 1.807) is 0 Å². The molecule has 2 rings (SSSR count). The Morgan fingerprint density at radius 2 is 2.27 bits per heavy atom. The Labute approximate surface area is 74.3 Å². The number of rotatable bonds is 0. The second kappa shape index (κ2) is 2.59. The van der Waals surface area contributed by atoms with Gasteiger partial charge in [-0.25, -0.2) is 0 Å². The molecule has 0 N–H and O–H groups in total. The van der Waals surface area contributed by atoms with Crippen LogP contribution in [-0.2, 0) is 4.79 Å². The topological polar surface area (TPSA) is 17.1 Å². The van der Waals surface area contributed by atoms with Gasteiger partial charge in [0.15, 0.2) is 5.78 Å². The van der Waals surface area contributed by atoms with Crippen molar-refractivity contribution in [1.82, 2.24) is 0 Å². The van der Waals surface area contributed by atoms with Crippen molar-refractivity contribution in [3.63, 3.8) is 0 Å². The summed E-state index contributed by atoms with van der Waals surface area (Å²) in [6.07, 6.45) is 6.79. The molecule has 11 heavy (non-hydrogen) atoms. The molecule has 58 valence electrons. The van der Waals surface area contributed by atoms with E-state index in [0.717, 1.165) is 24.8 Å². The van der Waals surface area contributed by atoms with E-state index in [9.17, 15) is 4.79 Å². The van der Waals surface area contributed by atoms with Crippen molar-refractivity contribution >= 4 is 21.7 Å². The van der Waals surface area contributed by atoms with Gasteiger partial charge in [-0.05, 0) is 28.8 Å². The van der Waals surface area contributed by atoms with Crippen LogP contribution in [0.15, 0.2) is 22.2 Å². The van der Waals surface area contributed by atoms with Crippen LogP contribution < -0.4 is 0 Å². The second-order valence-electron chi connectivity index (χ2n) is 3.10. The van der Waals surface area contributed by atoms with E-state index in [-0.39, 0.29) is 0 Å². The minimum absolute atomic E-state index is 0.353. The first-order valence-electron chi connectivity index (χ1n) is 3.87. The predicted octanol–water partition coefficient (Wildman–Crippen LogP) is 2.57. The Bertz CT molecular complexity index is 263. The Kier molecular flexibility index (Phi) is 1.72. The van der Waals surface area contributed by atoms with Crippen molar-refractivity contribution in [3.05, 3.63) is 22.2 Å². The molecule has 0 amide bonds. The van der Waals surface area contributed by atoms with Crippen LogP contribution in [0.2, 0.25) is 0 Å². The second-order valence-corrected chi connectivity index (χ2v) is 4.12. The van der Waals surface area contributed by atoms with E-state index in [1.165, 1.54) is 4.48 Å². The first-order chi connectivity index (χ1) is 5.27. The third-order valence-electron chi connectivity index (χ3n) is 2.37. The highest BCUT2D eigenvalue weighted by atomic mass is 79.9. The normalized spacial score (nSPS) is 29.5. The van der Waals surface area contributed by atoms with Crippen LogP contribution in [0.5, 0.6) is 0 Å². The summed E-state index contributed by atoms with van der Waals surface area (Å²) in [5.74, 6) is 0.869. The van der Waals surface area contributed by atoms with E-state index in [4.69, 9.17) is 0 Å². The molecule has 0 heterocycles. The quantitative estimate of drug-likeness (QED) is 0.604. The van der Waals surface area contributed by atoms with Crippen LogP contribution in [0.3, 0.4) is 0 Å². The largest absolute Gasteiger partial charge is 0.295 e. The van der Waals surface area contributed by atoms with E-state index in [1.807, 2.05) is 12.2 Å². The SMILES string of the molecule is O=C1CCC2CC(Br)=CC=C12. The zero-order chi connectivity index (χ0) is 7.84. The van der Waals surface area contributed by atoms with Crippen LogP contribution in [0.25, 0.3) is 0 Å². The summed E-state index contributed by atoms with van der Waals surface area (Å²) < 4.78 is 1.22. The Morgan fingerprint density at radius 3 is 3.09 bits per heavy atom. The Morgan fingerprint density at radius 1 is 1.45 bits per heavy atom. The number of allylic oxidation sites excluding steroid dienone is 4. The highest BCUT2D eigenvalue weighted by Gasteiger charge is 2.29. The van der Waals surface area contributed by atoms with Crippen molar-refractivity contribution in [1.29, 1.82) is 0 Å². The molecule has 0 aromatic rings. The minimum atomic E-state index is 0.353. The van der Waals surface area contributed by atoms with Crippen molar-refractivity contribution in [2.75, 3.05) is 0 Å². The highest BCUT2D eigenvalue weighted by Crippen LogP contribution is 2.37. The van der Waals surface area contributed by atoms with Gasteiger partial charge in [-0.15, -0.1) is 0 Å². The van der Waals surface area contributed by atoms with Crippen LogP contribution >= 0.6 is 15.9 Å². The van der Waals surface area contributed by atoms with Crippen LogP contribution in [0.4, 0.5) is 0 Å². The summed E-state index contributed by atoms with van der Waals surface area (Å²) in [7, 11) is 0. The summed E-state index contributed by atoms with van der Waals surface area (Å²) in [5, 5.41) is 0. The zero-order valence-corrected chi connectivity index (χ0v) is 7.73. The molecule has 1 atom stereocenters. The van der Waals surface area contributed by atoms with E-state index >= 15 is 0 Å².